The van der Waals surface area contributed by atoms with E-state index in [0.717, 1.165) is 13.0 Å². The second-order valence-corrected chi connectivity index (χ2v) is 4.36. The molecule has 0 radical (unpaired) electrons. The molecule has 0 aromatic heterocycles. The Morgan fingerprint density at radius 2 is 1.95 bits per heavy atom. The maximum absolute atomic E-state index is 11.9. The molecule has 0 aliphatic carbocycles. The van der Waals surface area contributed by atoms with Crippen molar-refractivity contribution in [2.75, 3.05) is 26.2 Å². The van der Waals surface area contributed by atoms with Crippen LogP contribution in [0.1, 0.15) is 19.3 Å². The highest BCUT2D eigenvalue weighted by molar-refractivity contribution is 5.83. The van der Waals surface area contributed by atoms with Crippen molar-refractivity contribution in [2.24, 2.45) is 0 Å². The van der Waals surface area contributed by atoms with Gasteiger partial charge in [-0.1, -0.05) is 0 Å². The van der Waals surface area contributed by atoms with E-state index in [4.69, 9.17) is 10.2 Å². The van der Waals surface area contributed by atoms with E-state index in [2.05, 4.69) is 10.6 Å². The summed E-state index contributed by atoms with van der Waals surface area (Å²) >= 11 is 0. The lowest BCUT2D eigenvalue weighted by Crippen LogP contribution is -2.49. The summed E-state index contributed by atoms with van der Waals surface area (Å²) in [5.74, 6) is -2.30. The van der Waals surface area contributed by atoms with E-state index in [1.807, 2.05) is 0 Å². The van der Waals surface area contributed by atoms with Crippen LogP contribution in [0.15, 0.2) is 0 Å². The molecule has 8 nitrogen and oxygen atoms in total. The fourth-order valence-electron chi connectivity index (χ4n) is 1.81. The van der Waals surface area contributed by atoms with Gasteiger partial charge < -0.3 is 25.7 Å². The molecular weight excluding hydrogens is 254 g/mol. The SMILES string of the molecule is O=C(O)CC[C@H](NC(=O)N1CCCNCC1)C(=O)O. The Morgan fingerprint density at radius 3 is 2.58 bits per heavy atom. The van der Waals surface area contributed by atoms with Crippen LogP contribution in [0.3, 0.4) is 0 Å². The van der Waals surface area contributed by atoms with Crippen LogP contribution in [0.5, 0.6) is 0 Å². The third kappa shape index (κ3) is 5.56. The molecule has 8 heteroatoms. The highest BCUT2D eigenvalue weighted by Gasteiger charge is 2.24. The smallest absolute Gasteiger partial charge is 0.326 e. The van der Waals surface area contributed by atoms with E-state index in [1.54, 1.807) is 0 Å². The standard InChI is InChI=1S/C11H19N3O5/c15-9(16)3-2-8(10(17)18)13-11(19)14-6-1-4-12-5-7-14/h8,12H,1-7H2,(H,13,19)(H,15,16)(H,17,18)/t8-/m0/s1. The number of hydrogen-bond donors (Lipinski definition) is 4. The van der Waals surface area contributed by atoms with Crippen molar-refractivity contribution in [2.45, 2.75) is 25.3 Å². The molecule has 4 N–H and O–H groups in total. The summed E-state index contributed by atoms with van der Waals surface area (Å²) in [6.07, 6.45) is 0.390. The van der Waals surface area contributed by atoms with E-state index in [0.29, 0.717) is 19.6 Å². The van der Waals surface area contributed by atoms with E-state index in [-0.39, 0.29) is 12.8 Å². The zero-order chi connectivity index (χ0) is 14.3. The fraction of sp³-hybridized carbons (Fsp3) is 0.727. The molecule has 2 amide bonds. The highest BCUT2D eigenvalue weighted by Crippen LogP contribution is 2.01. The summed E-state index contributed by atoms with van der Waals surface area (Å²) in [5.41, 5.74) is 0. The lowest BCUT2D eigenvalue weighted by Gasteiger charge is -2.23. The number of urea groups is 1. The van der Waals surface area contributed by atoms with Crippen molar-refractivity contribution in [1.82, 2.24) is 15.5 Å². The van der Waals surface area contributed by atoms with Gasteiger partial charge in [-0.15, -0.1) is 0 Å². The highest BCUT2D eigenvalue weighted by atomic mass is 16.4. The zero-order valence-electron chi connectivity index (χ0n) is 10.6. The Balaban J connectivity index is 2.49. The van der Waals surface area contributed by atoms with Gasteiger partial charge in [-0.3, -0.25) is 4.79 Å². The van der Waals surface area contributed by atoms with Gasteiger partial charge in [0.15, 0.2) is 0 Å². The van der Waals surface area contributed by atoms with Crippen LogP contribution in [0, 0.1) is 0 Å². The van der Waals surface area contributed by atoms with Gasteiger partial charge >= 0.3 is 18.0 Å². The van der Waals surface area contributed by atoms with Crippen molar-refractivity contribution in [3.63, 3.8) is 0 Å². The average Bonchev–Trinajstić information content (AvgIpc) is 2.62. The summed E-state index contributed by atoms with van der Waals surface area (Å²) in [6, 6.07) is -1.62. The summed E-state index contributed by atoms with van der Waals surface area (Å²) in [4.78, 5) is 34.8. The summed E-state index contributed by atoms with van der Waals surface area (Å²) in [7, 11) is 0. The first-order chi connectivity index (χ1) is 9.00. The quantitative estimate of drug-likeness (QED) is 0.526. The monoisotopic (exact) mass is 273 g/mol. The Labute approximate surface area is 110 Å². The molecule has 1 fully saturated rings. The van der Waals surface area contributed by atoms with Gasteiger partial charge in [-0.05, 0) is 19.4 Å². The molecule has 1 rings (SSSR count). The van der Waals surface area contributed by atoms with Crippen LogP contribution in [0.4, 0.5) is 4.79 Å². The predicted octanol–water partition coefficient (Wildman–Crippen LogP) is -0.691. The maximum Gasteiger partial charge on any atom is 0.326 e. The zero-order valence-corrected chi connectivity index (χ0v) is 10.6. The van der Waals surface area contributed by atoms with E-state index in [9.17, 15) is 14.4 Å². The number of amides is 2. The number of carboxylic acid groups (broad SMARTS) is 2. The van der Waals surface area contributed by atoms with Crippen LogP contribution < -0.4 is 10.6 Å². The van der Waals surface area contributed by atoms with Crippen molar-refractivity contribution in [3.05, 3.63) is 0 Å². The molecule has 0 saturated carbocycles. The average molecular weight is 273 g/mol. The lowest BCUT2D eigenvalue weighted by molar-refractivity contribution is -0.140. The number of carbonyl (C=O) groups is 3. The molecule has 1 atom stereocenters. The third-order valence-electron chi connectivity index (χ3n) is 2.87. The normalized spacial score (nSPS) is 17.4. The molecule has 1 aliphatic rings. The molecule has 0 bridgehead atoms. The second kappa shape index (κ2) is 7.57. The summed E-state index contributed by atoms with van der Waals surface area (Å²) < 4.78 is 0. The van der Waals surface area contributed by atoms with Crippen LogP contribution in [-0.2, 0) is 9.59 Å². The lowest BCUT2D eigenvalue weighted by atomic mass is 10.1. The second-order valence-electron chi connectivity index (χ2n) is 4.36. The largest absolute Gasteiger partial charge is 0.481 e. The van der Waals surface area contributed by atoms with Gasteiger partial charge in [0.2, 0.25) is 0 Å². The molecular formula is C11H19N3O5. The van der Waals surface area contributed by atoms with Gasteiger partial charge in [0.1, 0.15) is 6.04 Å². The number of rotatable bonds is 5. The van der Waals surface area contributed by atoms with Crippen molar-refractivity contribution < 1.29 is 24.6 Å². The van der Waals surface area contributed by atoms with Gasteiger partial charge in [-0.2, -0.15) is 0 Å². The number of nitrogens with zero attached hydrogens (tertiary/aromatic N) is 1. The molecule has 1 saturated heterocycles. The number of aliphatic carboxylic acids is 2. The minimum absolute atomic E-state index is 0.123. The first-order valence-electron chi connectivity index (χ1n) is 6.21. The van der Waals surface area contributed by atoms with Crippen molar-refractivity contribution >= 4 is 18.0 Å². The minimum atomic E-state index is -1.22. The Morgan fingerprint density at radius 1 is 1.21 bits per heavy atom. The van der Waals surface area contributed by atoms with Gasteiger partial charge in [0.05, 0.1) is 0 Å². The first kappa shape index (κ1) is 15.2. The summed E-state index contributed by atoms with van der Waals surface area (Å²) in [6.45, 7) is 2.56. The molecule has 1 heterocycles. The topological polar surface area (TPSA) is 119 Å². The maximum atomic E-state index is 11.9. The van der Waals surface area contributed by atoms with E-state index < -0.39 is 24.0 Å². The molecule has 19 heavy (non-hydrogen) atoms. The Hall–Kier alpha value is -1.83. The van der Waals surface area contributed by atoms with Crippen molar-refractivity contribution in [3.8, 4) is 0 Å². The van der Waals surface area contributed by atoms with Gasteiger partial charge in [-0.25, -0.2) is 9.59 Å². The third-order valence-corrected chi connectivity index (χ3v) is 2.87. The van der Waals surface area contributed by atoms with E-state index >= 15 is 0 Å². The predicted molar refractivity (Wildman–Crippen MR) is 65.9 cm³/mol. The van der Waals surface area contributed by atoms with Crippen LogP contribution in [0.2, 0.25) is 0 Å². The first-order valence-corrected chi connectivity index (χ1v) is 6.21. The molecule has 0 unspecified atom stereocenters. The Kier molecular flexibility index (Phi) is 6.07. The number of carbonyl (C=O) groups excluding carboxylic acids is 1. The number of nitrogens with one attached hydrogen (secondary N) is 2. The van der Waals surface area contributed by atoms with Gasteiger partial charge in [0, 0.05) is 26.1 Å². The Bertz CT molecular complexity index is 339. The molecule has 0 aromatic rings. The summed E-state index contributed by atoms with van der Waals surface area (Å²) in [5, 5.41) is 23.0. The molecule has 108 valence electrons. The van der Waals surface area contributed by atoms with E-state index in [1.165, 1.54) is 4.90 Å². The van der Waals surface area contributed by atoms with Gasteiger partial charge in [0.25, 0.3) is 0 Å². The van der Waals surface area contributed by atoms with Crippen LogP contribution >= 0.6 is 0 Å². The van der Waals surface area contributed by atoms with Crippen LogP contribution in [-0.4, -0.2) is 65.3 Å². The minimum Gasteiger partial charge on any atom is -0.481 e. The van der Waals surface area contributed by atoms with Crippen molar-refractivity contribution in [1.29, 1.82) is 0 Å². The molecule has 1 aliphatic heterocycles. The number of hydrogen-bond acceptors (Lipinski definition) is 4. The molecule has 0 spiro atoms. The molecule has 0 aromatic carbocycles. The fourth-order valence-corrected chi connectivity index (χ4v) is 1.81. The van der Waals surface area contributed by atoms with Crippen LogP contribution in [0.25, 0.3) is 0 Å². The number of carboxylic acids is 2.